The van der Waals surface area contributed by atoms with E-state index in [1.807, 2.05) is 12.1 Å². The minimum atomic E-state index is -4.64. The SMILES string of the molecule is CC(C)N(C1CCN(C(=O)CCNc2cccc(Cl)c2)CC1)S(=O)(=O)c1cccc(C(F)(F)F)c1. The molecule has 1 heterocycles. The van der Waals surface area contributed by atoms with Crippen molar-refractivity contribution in [1.82, 2.24) is 9.21 Å². The summed E-state index contributed by atoms with van der Waals surface area (Å²) in [5, 5.41) is 3.75. The van der Waals surface area contributed by atoms with E-state index in [4.69, 9.17) is 11.6 Å². The Hall–Kier alpha value is -2.30. The second kappa shape index (κ2) is 11.2. The first-order valence-corrected chi connectivity index (χ1v) is 13.2. The van der Waals surface area contributed by atoms with Crippen molar-refractivity contribution in [3.05, 3.63) is 59.1 Å². The Morgan fingerprint density at radius 2 is 1.80 bits per heavy atom. The zero-order chi connectivity index (χ0) is 25.8. The van der Waals surface area contributed by atoms with Gasteiger partial charge in [0.1, 0.15) is 0 Å². The largest absolute Gasteiger partial charge is 0.416 e. The van der Waals surface area contributed by atoms with Gasteiger partial charge < -0.3 is 10.2 Å². The van der Waals surface area contributed by atoms with Gasteiger partial charge in [-0.3, -0.25) is 4.79 Å². The van der Waals surface area contributed by atoms with Gasteiger partial charge in [0.15, 0.2) is 0 Å². The average Bonchev–Trinajstić information content (AvgIpc) is 2.79. The highest BCUT2D eigenvalue weighted by molar-refractivity contribution is 7.89. The number of hydrogen-bond acceptors (Lipinski definition) is 4. The summed E-state index contributed by atoms with van der Waals surface area (Å²) in [6, 6.07) is 10.1. The number of rotatable bonds is 8. The second-order valence-electron chi connectivity index (χ2n) is 8.75. The van der Waals surface area contributed by atoms with E-state index in [0.717, 1.165) is 17.8 Å². The fourth-order valence-electron chi connectivity index (χ4n) is 4.29. The number of benzene rings is 2. The molecular weight excluding hydrogens is 503 g/mol. The first-order chi connectivity index (χ1) is 16.4. The maximum Gasteiger partial charge on any atom is 0.416 e. The van der Waals surface area contributed by atoms with E-state index >= 15 is 0 Å². The van der Waals surface area contributed by atoms with Crippen LogP contribution < -0.4 is 5.32 Å². The van der Waals surface area contributed by atoms with Gasteiger partial charge in [-0.15, -0.1) is 0 Å². The van der Waals surface area contributed by atoms with Crippen molar-refractivity contribution < 1.29 is 26.4 Å². The molecule has 1 aliphatic rings. The molecule has 2 aromatic carbocycles. The number of piperidine rings is 1. The second-order valence-corrected chi connectivity index (χ2v) is 11.0. The quantitative estimate of drug-likeness (QED) is 0.505. The summed E-state index contributed by atoms with van der Waals surface area (Å²) in [4.78, 5) is 14.0. The fraction of sp³-hybridized carbons (Fsp3) is 0.458. The van der Waals surface area contributed by atoms with Crippen LogP contribution in [0.25, 0.3) is 0 Å². The molecule has 0 aliphatic carbocycles. The minimum absolute atomic E-state index is 0.0465. The van der Waals surface area contributed by atoms with Gasteiger partial charge in [0.25, 0.3) is 0 Å². The van der Waals surface area contributed by atoms with Crippen LogP contribution in [0.1, 0.15) is 38.7 Å². The smallest absolute Gasteiger partial charge is 0.384 e. The van der Waals surface area contributed by atoms with Crippen molar-refractivity contribution in [2.75, 3.05) is 25.0 Å². The van der Waals surface area contributed by atoms with Crippen LogP contribution in [0.2, 0.25) is 5.02 Å². The van der Waals surface area contributed by atoms with Gasteiger partial charge in [0, 0.05) is 48.8 Å². The van der Waals surface area contributed by atoms with Crippen molar-refractivity contribution in [3.8, 4) is 0 Å². The molecular formula is C24H29ClF3N3O3S. The third-order valence-electron chi connectivity index (χ3n) is 5.92. The Morgan fingerprint density at radius 3 is 2.40 bits per heavy atom. The van der Waals surface area contributed by atoms with Crippen molar-refractivity contribution in [1.29, 1.82) is 0 Å². The van der Waals surface area contributed by atoms with Gasteiger partial charge in [-0.05, 0) is 63.1 Å². The molecule has 0 radical (unpaired) electrons. The Bertz CT molecular complexity index is 1130. The summed E-state index contributed by atoms with van der Waals surface area (Å²) in [5.74, 6) is -0.0465. The van der Waals surface area contributed by atoms with E-state index in [-0.39, 0.29) is 17.2 Å². The number of anilines is 1. The molecule has 1 N–H and O–H groups in total. The van der Waals surface area contributed by atoms with Gasteiger partial charge in [-0.25, -0.2) is 8.42 Å². The molecule has 2 aromatic rings. The number of sulfonamides is 1. The van der Waals surface area contributed by atoms with E-state index in [0.29, 0.717) is 43.6 Å². The Balaban J connectivity index is 1.62. The highest BCUT2D eigenvalue weighted by Crippen LogP contribution is 2.33. The first kappa shape index (κ1) is 27.3. The minimum Gasteiger partial charge on any atom is -0.384 e. The molecule has 0 unspecified atom stereocenters. The molecule has 35 heavy (non-hydrogen) atoms. The molecule has 0 bridgehead atoms. The van der Waals surface area contributed by atoms with Crippen LogP contribution in [-0.2, 0) is 21.0 Å². The van der Waals surface area contributed by atoms with E-state index in [2.05, 4.69) is 5.32 Å². The zero-order valence-electron chi connectivity index (χ0n) is 19.6. The van der Waals surface area contributed by atoms with E-state index in [1.165, 1.54) is 10.4 Å². The van der Waals surface area contributed by atoms with Crippen LogP contribution in [0.3, 0.4) is 0 Å². The standard InChI is InChI=1S/C24H29ClF3N3O3S/c1-17(2)31(35(33,34)22-8-3-5-18(15-22)24(26,27)28)21-10-13-30(14-11-21)23(32)9-12-29-20-7-4-6-19(25)16-20/h3-8,15-17,21,29H,9-14H2,1-2H3. The number of alkyl halides is 3. The van der Waals surface area contributed by atoms with Crippen LogP contribution in [0, 0.1) is 0 Å². The van der Waals surface area contributed by atoms with E-state index in [9.17, 15) is 26.4 Å². The number of hydrogen-bond donors (Lipinski definition) is 1. The fourth-order valence-corrected chi connectivity index (χ4v) is 6.41. The number of nitrogens with one attached hydrogen (secondary N) is 1. The predicted molar refractivity (Wildman–Crippen MR) is 130 cm³/mol. The lowest BCUT2D eigenvalue weighted by Gasteiger charge is -2.39. The molecule has 11 heteroatoms. The predicted octanol–water partition coefficient (Wildman–Crippen LogP) is 5.25. The molecule has 6 nitrogen and oxygen atoms in total. The lowest BCUT2D eigenvalue weighted by Crippen LogP contribution is -2.51. The van der Waals surface area contributed by atoms with E-state index < -0.39 is 33.8 Å². The van der Waals surface area contributed by atoms with Crippen LogP contribution in [0.5, 0.6) is 0 Å². The molecule has 192 valence electrons. The maximum absolute atomic E-state index is 13.3. The summed E-state index contributed by atoms with van der Waals surface area (Å²) >= 11 is 5.96. The maximum atomic E-state index is 13.3. The van der Waals surface area contributed by atoms with Crippen molar-refractivity contribution in [2.24, 2.45) is 0 Å². The van der Waals surface area contributed by atoms with Crippen LogP contribution in [0.15, 0.2) is 53.4 Å². The molecule has 0 spiro atoms. The summed E-state index contributed by atoms with van der Waals surface area (Å²) in [6.07, 6.45) is -3.55. The van der Waals surface area contributed by atoms with Gasteiger partial charge in [-0.1, -0.05) is 23.7 Å². The molecule has 1 saturated heterocycles. The van der Waals surface area contributed by atoms with Crippen molar-refractivity contribution in [3.63, 3.8) is 0 Å². The zero-order valence-corrected chi connectivity index (χ0v) is 21.1. The Morgan fingerprint density at radius 1 is 1.14 bits per heavy atom. The normalized spacial score (nSPS) is 15.6. The first-order valence-electron chi connectivity index (χ1n) is 11.4. The third kappa shape index (κ3) is 6.89. The topological polar surface area (TPSA) is 69.7 Å². The highest BCUT2D eigenvalue weighted by Gasteiger charge is 2.38. The summed E-state index contributed by atoms with van der Waals surface area (Å²) < 4.78 is 67.3. The molecule has 0 aromatic heterocycles. The number of nitrogens with zero attached hydrogens (tertiary/aromatic N) is 2. The summed E-state index contributed by atoms with van der Waals surface area (Å²) in [5.41, 5.74) is -0.189. The van der Waals surface area contributed by atoms with Crippen LogP contribution in [-0.4, -0.2) is 55.2 Å². The highest BCUT2D eigenvalue weighted by atomic mass is 35.5. The molecule has 0 saturated carbocycles. The lowest BCUT2D eigenvalue weighted by atomic mass is 10.0. The molecule has 1 fully saturated rings. The molecule has 1 amide bonds. The molecule has 0 atom stereocenters. The molecule has 1 aliphatic heterocycles. The van der Waals surface area contributed by atoms with Crippen LogP contribution in [0.4, 0.5) is 18.9 Å². The van der Waals surface area contributed by atoms with E-state index in [1.54, 1.807) is 30.9 Å². The van der Waals surface area contributed by atoms with Crippen molar-refractivity contribution >= 4 is 33.2 Å². The molecule has 3 rings (SSSR count). The Labute approximate surface area is 209 Å². The number of amides is 1. The summed E-state index contributed by atoms with van der Waals surface area (Å²) in [6.45, 7) is 4.58. The van der Waals surface area contributed by atoms with Gasteiger partial charge in [-0.2, -0.15) is 17.5 Å². The Kier molecular flexibility index (Phi) is 8.72. The third-order valence-corrected chi connectivity index (χ3v) is 8.28. The number of carbonyl (C=O) groups is 1. The van der Waals surface area contributed by atoms with Crippen molar-refractivity contribution in [2.45, 2.75) is 56.3 Å². The average molecular weight is 532 g/mol. The van der Waals surface area contributed by atoms with Gasteiger partial charge >= 0.3 is 6.18 Å². The van der Waals surface area contributed by atoms with Gasteiger partial charge in [0.2, 0.25) is 15.9 Å². The lowest BCUT2D eigenvalue weighted by molar-refractivity contribution is -0.137. The van der Waals surface area contributed by atoms with Gasteiger partial charge in [0.05, 0.1) is 10.5 Å². The number of carbonyl (C=O) groups excluding carboxylic acids is 1. The number of halogens is 4. The monoisotopic (exact) mass is 531 g/mol. The number of likely N-dealkylation sites (tertiary alicyclic amines) is 1. The summed E-state index contributed by atoms with van der Waals surface area (Å²) in [7, 11) is -4.16. The van der Waals surface area contributed by atoms with Crippen LogP contribution >= 0.6 is 11.6 Å².